The van der Waals surface area contributed by atoms with E-state index in [0.29, 0.717) is 19.0 Å². The predicted octanol–water partition coefficient (Wildman–Crippen LogP) is 0.311. The lowest BCUT2D eigenvalue weighted by Crippen LogP contribution is -2.30. The molecular weight excluding hydrogens is 226 g/mol. The molecule has 0 aliphatic rings. The Bertz CT molecular complexity index is 346. The lowest BCUT2D eigenvalue weighted by atomic mass is 9.80. The summed E-state index contributed by atoms with van der Waals surface area (Å²) in [6.45, 7) is 1.10. The van der Waals surface area contributed by atoms with Crippen LogP contribution in [0.4, 0.5) is 4.39 Å². The van der Waals surface area contributed by atoms with Gasteiger partial charge < -0.3 is 19.5 Å². The van der Waals surface area contributed by atoms with Crippen LogP contribution in [0.15, 0.2) is 18.2 Å². The van der Waals surface area contributed by atoms with Crippen LogP contribution in [0.3, 0.4) is 0 Å². The van der Waals surface area contributed by atoms with Gasteiger partial charge in [0.05, 0.1) is 6.61 Å². The highest BCUT2D eigenvalue weighted by atomic mass is 19.1. The Labute approximate surface area is 100 Å². The van der Waals surface area contributed by atoms with Gasteiger partial charge in [-0.3, -0.25) is 0 Å². The van der Waals surface area contributed by atoms with Gasteiger partial charge in [-0.2, -0.15) is 0 Å². The molecule has 0 radical (unpaired) electrons. The highest BCUT2D eigenvalue weighted by Gasteiger charge is 2.13. The standard InChI is InChI=1S/C11H16BFO4/c1-16-4-2-3-5-17-11-7-9(12(14)15)6-10(13)8-11/h6-8,14-15H,2-5H2,1H3. The van der Waals surface area contributed by atoms with E-state index in [4.69, 9.17) is 19.5 Å². The van der Waals surface area contributed by atoms with Crippen molar-refractivity contribution in [3.63, 3.8) is 0 Å². The molecule has 4 nitrogen and oxygen atoms in total. The molecule has 1 rings (SSSR count). The average Bonchev–Trinajstić information content (AvgIpc) is 2.28. The molecular formula is C11H16BFO4. The molecule has 0 bridgehead atoms. The summed E-state index contributed by atoms with van der Waals surface area (Å²) in [6.07, 6.45) is 1.66. The van der Waals surface area contributed by atoms with E-state index in [0.717, 1.165) is 18.9 Å². The molecule has 0 aliphatic heterocycles. The molecule has 0 saturated carbocycles. The summed E-state index contributed by atoms with van der Waals surface area (Å²) in [6, 6.07) is 3.68. The molecule has 0 unspecified atom stereocenters. The summed E-state index contributed by atoms with van der Waals surface area (Å²) in [5.41, 5.74) is 0.0805. The summed E-state index contributed by atoms with van der Waals surface area (Å²) in [5, 5.41) is 17.9. The van der Waals surface area contributed by atoms with Crippen molar-refractivity contribution in [1.29, 1.82) is 0 Å². The number of hydrogen-bond donors (Lipinski definition) is 2. The van der Waals surface area contributed by atoms with Crippen LogP contribution in [0.25, 0.3) is 0 Å². The predicted molar refractivity (Wildman–Crippen MR) is 62.8 cm³/mol. The fourth-order valence-electron chi connectivity index (χ4n) is 1.36. The maximum atomic E-state index is 13.1. The van der Waals surface area contributed by atoms with Gasteiger partial charge in [-0.15, -0.1) is 0 Å². The Morgan fingerprint density at radius 1 is 1.18 bits per heavy atom. The molecule has 0 saturated heterocycles. The van der Waals surface area contributed by atoms with Crippen LogP contribution in [0.2, 0.25) is 0 Å². The molecule has 2 N–H and O–H groups in total. The zero-order valence-electron chi connectivity index (χ0n) is 9.73. The molecule has 6 heteroatoms. The quantitative estimate of drug-likeness (QED) is 0.533. The molecule has 1 aromatic rings. The number of hydrogen-bond acceptors (Lipinski definition) is 4. The van der Waals surface area contributed by atoms with Gasteiger partial charge in [-0.1, -0.05) is 0 Å². The van der Waals surface area contributed by atoms with Crippen molar-refractivity contribution in [2.24, 2.45) is 0 Å². The fraction of sp³-hybridized carbons (Fsp3) is 0.455. The largest absolute Gasteiger partial charge is 0.494 e. The molecule has 1 aromatic carbocycles. The maximum absolute atomic E-state index is 13.1. The van der Waals surface area contributed by atoms with E-state index in [2.05, 4.69) is 0 Å². The number of methoxy groups -OCH3 is 1. The van der Waals surface area contributed by atoms with Crippen LogP contribution < -0.4 is 10.2 Å². The zero-order chi connectivity index (χ0) is 12.7. The molecule has 0 fully saturated rings. The molecule has 94 valence electrons. The Morgan fingerprint density at radius 2 is 1.88 bits per heavy atom. The van der Waals surface area contributed by atoms with Crippen LogP contribution in [0.5, 0.6) is 5.75 Å². The third-order valence-corrected chi connectivity index (χ3v) is 2.20. The Hall–Kier alpha value is -1.11. The lowest BCUT2D eigenvalue weighted by molar-refractivity contribution is 0.184. The Kier molecular flexibility index (Phi) is 5.97. The van der Waals surface area contributed by atoms with E-state index in [1.807, 2.05) is 0 Å². The minimum absolute atomic E-state index is 0.0805. The van der Waals surface area contributed by atoms with Crippen molar-refractivity contribution in [2.75, 3.05) is 20.3 Å². The van der Waals surface area contributed by atoms with Gasteiger partial charge in [0.25, 0.3) is 0 Å². The van der Waals surface area contributed by atoms with Gasteiger partial charge in [0, 0.05) is 19.8 Å². The summed E-state index contributed by atoms with van der Waals surface area (Å²) in [4.78, 5) is 0. The molecule has 0 atom stereocenters. The second-order valence-electron chi connectivity index (χ2n) is 3.64. The van der Waals surface area contributed by atoms with Gasteiger partial charge in [-0.05, 0) is 30.4 Å². The first-order chi connectivity index (χ1) is 8.13. The third-order valence-electron chi connectivity index (χ3n) is 2.20. The van der Waals surface area contributed by atoms with E-state index >= 15 is 0 Å². The first-order valence-electron chi connectivity index (χ1n) is 5.42. The second-order valence-corrected chi connectivity index (χ2v) is 3.64. The summed E-state index contributed by atoms with van der Waals surface area (Å²) >= 11 is 0. The first kappa shape index (κ1) is 14.0. The van der Waals surface area contributed by atoms with Crippen molar-refractivity contribution >= 4 is 12.6 Å². The third kappa shape index (κ3) is 5.17. The maximum Gasteiger partial charge on any atom is 0.488 e. The van der Waals surface area contributed by atoms with Crippen LogP contribution in [-0.2, 0) is 4.74 Å². The minimum Gasteiger partial charge on any atom is -0.494 e. The smallest absolute Gasteiger partial charge is 0.488 e. The molecule has 0 aliphatic carbocycles. The van der Waals surface area contributed by atoms with Gasteiger partial charge in [0.2, 0.25) is 0 Å². The van der Waals surface area contributed by atoms with Crippen LogP contribution >= 0.6 is 0 Å². The van der Waals surface area contributed by atoms with Crippen molar-refractivity contribution in [3.05, 3.63) is 24.0 Å². The van der Waals surface area contributed by atoms with Crippen molar-refractivity contribution < 1.29 is 23.9 Å². The van der Waals surface area contributed by atoms with Gasteiger partial charge in [-0.25, -0.2) is 4.39 Å². The van der Waals surface area contributed by atoms with Gasteiger partial charge >= 0.3 is 7.12 Å². The highest BCUT2D eigenvalue weighted by Crippen LogP contribution is 2.11. The number of unbranched alkanes of at least 4 members (excludes halogenated alkanes) is 1. The van der Waals surface area contributed by atoms with Crippen molar-refractivity contribution in [3.8, 4) is 5.75 Å². The van der Waals surface area contributed by atoms with E-state index in [-0.39, 0.29) is 5.46 Å². The van der Waals surface area contributed by atoms with E-state index in [1.54, 1.807) is 7.11 Å². The summed E-state index contributed by atoms with van der Waals surface area (Å²) in [7, 11) is -0.0657. The molecule has 17 heavy (non-hydrogen) atoms. The van der Waals surface area contributed by atoms with Crippen LogP contribution in [-0.4, -0.2) is 37.5 Å². The van der Waals surface area contributed by atoms with E-state index in [1.165, 1.54) is 12.1 Å². The van der Waals surface area contributed by atoms with E-state index in [9.17, 15) is 4.39 Å². The monoisotopic (exact) mass is 242 g/mol. The SMILES string of the molecule is COCCCCOc1cc(F)cc(B(O)O)c1. The molecule has 0 amide bonds. The normalized spacial score (nSPS) is 10.4. The Balaban J connectivity index is 2.47. The van der Waals surface area contributed by atoms with Gasteiger partial charge in [0.1, 0.15) is 11.6 Å². The lowest BCUT2D eigenvalue weighted by Gasteiger charge is -2.08. The average molecular weight is 242 g/mol. The summed E-state index contributed by atoms with van der Waals surface area (Å²) < 4.78 is 23.3. The fourth-order valence-corrected chi connectivity index (χ4v) is 1.36. The minimum atomic E-state index is -1.69. The topological polar surface area (TPSA) is 58.9 Å². The zero-order valence-corrected chi connectivity index (χ0v) is 9.73. The van der Waals surface area contributed by atoms with Crippen LogP contribution in [0.1, 0.15) is 12.8 Å². The molecule has 0 heterocycles. The van der Waals surface area contributed by atoms with Crippen LogP contribution in [0, 0.1) is 5.82 Å². The van der Waals surface area contributed by atoms with Gasteiger partial charge in [0.15, 0.2) is 0 Å². The number of benzene rings is 1. The molecule has 0 spiro atoms. The highest BCUT2D eigenvalue weighted by molar-refractivity contribution is 6.58. The first-order valence-corrected chi connectivity index (χ1v) is 5.42. The van der Waals surface area contributed by atoms with Crippen molar-refractivity contribution in [1.82, 2.24) is 0 Å². The number of ether oxygens (including phenoxy) is 2. The summed E-state index contributed by atoms with van der Waals surface area (Å²) in [5.74, 6) is -0.256. The van der Waals surface area contributed by atoms with Crippen molar-refractivity contribution in [2.45, 2.75) is 12.8 Å². The molecule has 0 aromatic heterocycles. The van der Waals surface area contributed by atoms with E-state index < -0.39 is 12.9 Å². The Morgan fingerprint density at radius 3 is 2.53 bits per heavy atom. The number of rotatable bonds is 7. The second kappa shape index (κ2) is 7.27. The number of halogens is 1.